The first-order chi connectivity index (χ1) is 16.6. The molecule has 1 saturated heterocycles. The Hall–Kier alpha value is -2.81. The molecule has 3 aromatic rings. The number of anilines is 1. The Morgan fingerprint density at radius 2 is 1.74 bits per heavy atom. The second kappa shape index (κ2) is 10.0. The van der Waals surface area contributed by atoms with E-state index in [1.807, 2.05) is 24.3 Å². The van der Waals surface area contributed by atoms with Gasteiger partial charge in [0.05, 0.1) is 5.92 Å². The van der Waals surface area contributed by atoms with Gasteiger partial charge in [-0.1, -0.05) is 63.2 Å². The van der Waals surface area contributed by atoms with Crippen LogP contribution < -0.4 is 5.32 Å². The monoisotopic (exact) mass is 510 g/mol. The van der Waals surface area contributed by atoms with Gasteiger partial charge < -0.3 is 5.32 Å². The molecule has 1 aromatic heterocycles. The highest BCUT2D eigenvalue weighted by atomic mass is 32.2. The maximum absolute atomic E-state index is 13.0. The van der Waals surface area contributed by atoms with Gasteiger partial charge in [-0.2, -0.15) is 4.31 Å². The molecule has 6 nitrogen and oxygen atoms in total. The summed E-state index contributed by atoms with van der Waals surface area (Å²) in [6.07, 6.45) is 1.23. The summed E-state index contributed by atoms with van der Waals surface area (Å²) in [5.74, 6) is -0.814. The van der Waals surface area contributed by atoms with Crippen molar-refractivity contribution < 1.29 is 18.0 Å². The number of carbonyl (C=O) groups excluding carboxylic acids is 2. The zero-order valence-electron chi connectivity index (χ0n) is 20.2. The van der Waals surface area contributed by atoms with Crippen molar-refractivity contribution in [1.82, 2.24) is 4.31 Å². The lowest BCUT2D eigenvalue weighted by molar-refractivity contribution is -0.120. The van der Waals surface area contributed by atoms with Gasteiger partial charge >= 0.3 is 0 Å². The van der Waals surface area contributed by atoms with Crippen molar-refractivity contribution in [2.45, 2.75) is 43.2 Å². The highest BCUT2D eigenvalue weighted by Crippen LogP contribution is 2.27. The molecule has 1 fully saturated rings. The van der Waals surface area contributed by atoms with E-state index in [1.54, 1.807) is 41.8 Å². The molecule has 0 spiro atoms. The number of nitrogens with zero attached hydrogens (tertiary/aromatic N) is 1. The van der Waals surface area contributed by atoms with E-state index in [2.05, 4.69) is 26.1 Å². The Morgan fingerprint density at radius 3 is 2.40 bits per heavy atom. The molecule has 0 unspecified atom stereocenters. The average Bonchev–Trinajstić information content (AvgIpc) is 3.39. The Kier molecular flexibility index (Phi) is 7.26. The fraction of sp³-hybridized carbons (Fsp3) is 0.333. The van der Waals surface area contributed by atoms with Crippen LogP contribution in [0.5, 0.6) is 0 Å². The van der Waals surface area contributed by atoms with Gasteiger partial charge in [0.15, 0.2) is 5.78 Å². The Balaban J connectivity index is 1.44. The fourth-order valence-electron chi connectivity index (χ4n) is 4.18. The van der Waals surface area contributed by atoms with Crippen molar-refractivity contribution in [2.75, 3.05) is 18.4 Å². The third kappa shape index (κ3) is 5.72. The molecule has 184 valence electrons. The fourth-order valence-corrected chi connectivity index (χ4v) is 6.85. The first-order valence-electron chi connectivity index (χ1n) is 11.7. The first-order valence-corrected chi connectivity index (χ1v) is 14.0. The molecule has 0 saturated carbocycles. The molecular weight excluding hydrogens is 480 g/mol. The van der Waals surface area contributed by atoms with E-state index in [0.717, 1.165) is 5.56 Å². The van der Waals surface area contributed by atoms with Crippen LogP contribution in [0.1, 0.15) is 55.1 Å². The number of hydrogen-bond donors (Lipinski definition) is 1. The summed E-state index contributed by atoms with van der Waals surface area (Å²) >= 11 is 1.18. The number of nitrogens with one attached hydrogen (secondary N) is 1. The number of amides is 1. The van der Waals surface area contributed by atoms with E-state index in [9.17, 15) is 18.0 Å². The zero-order valence-corrected chi connectivity index (χ0v) is 21.8. The van der Waals surface area contributed by atoms with Crippen molar-refractivity contribution in [1.29, 1.82) is 0 Å². The van der Waals surface area contributed by atoms with Crippen molar-refractivity contribution in [2.24, 2.45) is 5.92 Å². The smallest absolute Gasteiger partial charge is 0.252 e. The summed E-state index contributed by atoms with van der Waals surface area (Å²) < 4.78 is 27.4. The SMILES string of the molecule is CC(C)(C)c1ccc(C(=O)c2cccc(NC(=O)[C@@H]3CCCN(S(=O)(=O)c4cccs4)C3)c2)cc1. The Morgan fingerprint density at radius 1 is 1.00 bits per heavy atom. The van der Waals surface area contributed by atoms with Crippen molar-refractivity contribution in [3.8, 4) is 0 Å². The third-order valence-corrected chi connectivity index (χ3v) is 9.49. The number of sulfonamides is 1. The van der Waals surface area contributed by atoms with Gasteiger partial charge in [0, 0.05) is 29.9 Å². The molecule has 1 aliphatic rings. The Bertz CT molecular complexity index is 1310. The molecule has 1 N–H and O–H groups in total. The summed E-state index contributed by atoms with van der Waals surface area (Å²) in [5, 5.41) is 4.61. The normalized spacial score (nSPS) is 17.2. The summed E-state index contributed by atoms with van der Waals surface area (Å²) in [4.78, 5) is 26.0. The van der Waals surface area contributed by atoms with Gasteiger partial charge in [-0.3, -0.25) is 9.59 Å². The second-order valence-corrected chi connectivity index (χ2v) is 13.0. The van der Waals surface area contributed by atoms with Gasteiger partial charge in [-0.25, -0.2) is 8.42 Å². The molecule has 1 aliphatic heterocycles. The van der Waals surface area contributed by atoms with Gasteiger partial charge in [-0.15, -0.1) is 11.3 Å². The number of hydrogen-bond acceptors (Lipinski definition) is 5. The minimum atomic E-state index is -3.59. The summed E-state index contributed by atoms with van der Waals surface area (Å²) in [5.41, 5.74) is 2.74. The molecule has 0 radical (unpaired) electrons. The number of thiophene rings is 1. The predicted octanol–water partition coefficient (Wildman–Crippen LogP) is 5.32. The molecule has 2 aromatic carbocycles. The molecule has 8 heteroatoms. The van der Waals surface area contributed by atoms with Gasteiger partial charge in [0.2, 0.25) is 5.91 Å². The number of benzene rings is 2. The molecule has 2 heterocycles. The van der Waals surface area contributed by atoms with Crippen LogP contribution in [0.15, 0.2) is 70.3 Å². The second-order valence-electron chi connectivity index (χ2n) is 9.86. The standard InChI is InChI=1S/C27H30N2O4S2/c1-27(2,3)22-13-11-19(12-14-22)25(30)20-7-4-9-23(17-20)28-26(31)21-8-5-15-29(18-21)35(32,33)24-10-6-16-34-24/h4,6-7,9-14,16-17,21H,5,8,15,18H2,1-3H3,(H,28,31)/t21-/m1/s1. The highest BCUT2D eigenvalue weighted by molar-refractivity contribution is 7.91. The molecule has 0 aliphatic carbocycles. The van der Waals surface area contributed by atoms with E-state index in [0.29, 0.717) is 40.4 Å². The Labute approximate surface area is 211 Å². The lowest BCUT2D eigenvalue weighted by Crippen LogP contribution is -2.43. The van der Waals surface area contributed by atoms with Crippen molar-refractivity contribution >= 4 is 38.7 Å². The van der Waals surface area contributed by atoms with Crippen LogP contribution in [-0.4, -0.2) is 37.5 Å². The lowest BCUT2D eigenvalue weighted by atomic mass is 9.86. The topological polar surface area (TPSA) is 83.6 Å². The molecule has 35 heavy (non-hydrogen) atoms. The van der Waals surface area contributed by atoms with E-state index < -0.39 is 15.9 Å². The van der Waals surface area contributed by atoms with Gasteiger partial charge in [0.1, 0.15) is 4.21 Å². The van der Waals surface area contributed by atoms with Crippen LogP contribution in [0, 0.1) is 5.92 Å². The molecule has 4 rings (SSSR count). The molecule has 1 atom stereocenters. The molecule has 0 bridgehead atoms. The molecular formula is C27H30N2O4S2. The van der Waals surface area contributed by atoms with Crippen LogP contribution in [0.25, 0.3) is 0 Å². The maximum Gasteiger partial charge on any atom is 0.252 e. The number of carbonyl (C=O) groups is 2. The average molecular weight is 511 g/mol. The van der Waals surface area contributed by atoms with E-state index in [4.69, 9.17) is 0 Å². The predicted molar refractivity (Wildman–Crippen MR) is 139 cm³/mol. The van der Waals surface area contributed by atoms with Crippen LogP contribution in [0.4, 0.5) is 5.69 Å². The maximum atomic E-state index is 13.0. The van der Waals surface area contributed by atoms with E-state index in [-0.39, 0.29) is 23.7 Å². The highest BCUT2D eigenvalue weighted by Gasteiger charge is 2.33. The van der Waals surface area contributed by atoms with Crippen molar-refractivity contribution in [3.05, 3.63) is 82.7 Å². The minimum Gasteiger partial charge on any atom is -0.326 e. The first kappa shape index (κ1) is 25.3. The van der Waals surface area contributed by atoms with Crippen LogP contribution in [0.2, 0.25) is 0 Å². The minimum absolute atomic E-state index is 0.00355. The summed E-state index contributed by atoms with van der Waals surface area (Å²) in [6, 6.07) is 17.8. The third-order valence-electron chi connectivity index (χ3n) is 6.25. The number of piperidine rings is 1. The summed E-state index contributed by atoms with van der Waals surface area (Å²) in [7, 11) is -3.59. The number of rotatable bonds is 6. The quantitative estimate of drug-likeness (QED) is 0.455. The largest absolute Gasteiger partial charge is 0.326 e. The van der Waals surface area contributed by atoms with Gasteiger partial charge in [-0.05, 0) is 47.4 Å². The molecule has 1 amide bonds. The zero-order chi connectivity index (χ0) is 25.2. The lowest BCUT2D eigenvalue weighted by Gasteiger charge is -2.30. The van der Waals surface area contributed by atoms with E-state index >= 15 is 0 Å². The summed E-state index contributed by atoms with van der Waals surface area (Å²) in [6.45, 7) is 6.92. The van der Waals surface area contributed by atoms with Gasteiger partial charge in [0.25, 0.3) is 10.0 Å². The van der Waals surface area contributed by atoms with Crippen molar-refractivity contribution in [3.63, 3.8) is 0 Å². The van der Waals surface area contributed by atoms with Crippen LogP contribution in [-0.2, 0) is 20.2 Å². The van der Waals surface area contributed by atoms with E-state index in [1.165, 1.54) is 15.6 Å². The number of ketones is 1. The van der Waals surface area contributed by atoms with Crippen LogP contribution >= 0.6 is 11.3 Å². The van der Waals surface area contributed by atoms with Crippen LogP contribution in [0.3, 0.4) is 0 Å².